The Morgan fingerprint density at radius 1 is 0.407 bits per heavy atom. The Labute approximate surface area is 312 Å². The fourth-order valence-electron chi connectivity index (χ4n) is 10.4. The number of anilines is 3. The van der Waals surface area contributed by atoms with Gasteiger partial charge in [-0.05, 0) is 81.7 Å². The number of fused-ring (bicyclic) bond motifs is 15. The summed E-state index contributed by atoms with van der Waals surface area (Å²) >= 11 is 0. The fourth-order valence-corrected chi connectivity index (χ4v) is 10.4. The zero-order chi connectivity index (χ0) is 35.1. The molecule has 0 saturated heterocycles. The van der Waals surface area contributed by atoms with Crippen molar-refractivity contribution in [2.24, 2.45) is 0 Å². The molecule has 1 spiro atoms. The molecular weight excluding hydrogens is 659 g/mol. The molecule has 8 aromatic carbocycles. The highest BCUT2D eigenvalue weighted by atomic mass is 16.5. The Kier molecular flexibility index (Phi) is 5.36. The summed E-state index contributed by atoms with van der Waals surface area (Å²) in [5.74, 6) is 3.52. The van der Waals surface area contributed by atoms with E-state index in [1.54, 1.807) is 0 Å². The summed E-state index contributed by atoms with van der Waals surface area (Å²) in [4.78, 5) is 2.42. The summed E-state index contributed by atoms with van der Waals surface area (Å²) in [6.07, 6.45) is 0. The number of rotatable bonds is 1. The minimum absolute atomic E-state index is 0.0310. The van der Waals surface area contributed by atoms with Crippen LogP contribution in [0.2, 0.25) is 0 Å². The normalized spacial score (nSPS) is 16.4. The fraction of sp³-hybridized carbons (Fsp3) is 0.0204. The largest absolute Gasteiger partial charge is 0.456 e. The molecule has 0 aliphatic carbocycles. The summed E-state index contributed by atoms with van der Waals surface area (Å²) in [5.41, 5.74) is 14.6. The highest BCUT2D eigenvalue weighted by Crippen LogP contribution is 2.63. The number of aromatic nitrogens is 1. The van der Waals surface area contributed by atoms with Gasteiger partial charge in [0.05, 0.1) is 39.2 Å². The lowest BCUT2D eigenvalue weighted by Crippen LogP contribution is -2.64. The topological polar surface area (TPSA) is 26.6 Å². The van der Waals surface area contributed by atoms with E-state index in [1.807, 2.05) is 6.07 Å². The van der Waals surface area contributed by atoms with Crippen molar-refractivity contribution >= 4 is 62.0 Å². The predicted molar refractivity (Wildman–Crippen MR) is 219 cm³/mol. The van der Waals surface area contributed by atoms with Gasteiger partial charge in [0.2, 0.25) is 0 Å². The van der Waals surface area contributed by atoms with Crippen molar-refractivity contribution in [3.05, 3.63) is 198 Å². The molecule has 4 aliphatic heterocycles. The van der Waals surface area contributed by atoms with E-state index in [9.17, 15) is 0 Å². The lowest BCUT2D eigenvalue weighted by Gasteiger charge is -2.52. The molecule has 1 unspecified atom stereocenters. The molecule has 54 heavy (non-hydrogen) atoms. The summed E-state index contributed by atoms with van der Waals surface area (Å²) < 4.78 is 16.4. The van der Waals surface area contributed by atoms with E-state index in [1.165, 1.54) is 49.4 Å². The molecule has 4 aliphatic rings. The second kappa shape index (κ2) is 10.1. The first-order valence-corrected chi connectivity index (χ1v) is 18.6. The molecular formula is C49H29BN2O2. The minimum atomic E-state index is -0.666. The van der Waals surface area contributed by atoms with Crippen molar-refractivity contribution in [3.8, 4) is 28.7 Å². The molecule has 1 atom stereocenters. The predicted octanol–water partition coefficient (Wildman–Crippen LogP) is 9.99. The van der Waals surface area contributed by atoms with Crippen molar-refractivity contribution in [1.29, 1.82) is 0 Å². The molecule has 0 fully saturated rings. The van der Waals surface area contributed by atoms with Crippen LogP contribution in [0.5, 0.6) is 23.0 Å². The number of para-hydroxylation sites is 7. The maximum Gasteiger partial charge on any atom is 0.251 e. The molecule has 250 valence electrons. The molecule has 5 heteroatoms. The van der Waals surface area contributed by atoms with Gasteiger partial charge in [-0.2, -0.15) is 0 Å². The first kappa shape index (κ1) is 28.6. The van der Waals surface area contributed by atoms with Crippen LogP contribution in [-0.2, 0) is 5.41 Å². The van der Waals surface area contributed by atoms with Crippen LogP contribution in [0.25, 0.3) is 27.5 Å². The van der Waals surface area contributed by atoms with Crippen molar-refractivity contribution in [3.63, 3.8) is 0 Å². The maximum atomic E-state index is 7.27. The van der Waals surface area contributed by atoms with Gasteiger partial charge in [0.1, 0.15) is 11.5 Å². The molecule has 0 saturated carbocycles. The van der Waals surface area contributed by atoms with Gasteiger partial charge < -0.3 is 18.9 Å². The van der Waals surface area contributed by atoms with Crippen LogP contribution in [0.3, 0.4) is 0 Å². The quantitative estimate of drug-likeness (QED) is 0.161. The van der Waals surface area contributed by atoms with Gasteiger partial charge >= 0.3 is 0 Å². The van der Waals surface area contributed by atoms with Crippen molar-refractivity contribution in [1.82, 2.24) is 4.57 Å². The standard InChI is InChI=1S/C49H29BN2O2/c1-7-21-38-30(14-1)31-15-2-8-22-39(31)51(38)42-29-28-34-46-48(42)54-43-25-11-6-20-37(43)50(46)36-19-5-3-16-32(36)49(34)33-17-4-9-23-40(33)52-41-24-10-12-26-44(41)53-45-27-13-18-35(49)47(45)52/h1-29H. The molecule has 5 heterocycles. The van der Waals surface area contributed by atoms with Crippen molar-refractivity contribution < 1.29 is 9.47 Å². The number of hydrogen-bond donors (Lipinski definition) is 0. The van der Waals surface area contributed by atoms with Gasteiger partial charge in [0.25, 0.3) is 6.71 Å². The van der Waals surface area contributed by atoms with E-state index in [0.29, 0.717) is 0 Å². The van der Waals surface area contributed by atoms with E-state index in [0.717, 1.165) is 56.8 Å². The monoisotopic (exact) mass is 688 g/mol. The van der Waals surface area contributed by atoms with Gasteiger partial charge in [0.15, 0.2) is 11.5 Å². The number of ether oxygens (including phenoxy) is 2. The van der Waals surface area contributed by atoms with Crippen LogP contribution in [-0.4, -0.2) is 11.3 Å². The summed E-state index contributed by atoms with van der Waals surface area (Å²) in [5, 5.41) is 2.45. The third kappa shape index (κ3) is 3.32. The van der Waals surface area contributed by atoms with Gasteiger partial charge in [-0.3, -0.25) is 0 Å². The second-order valence-corrected chi connectivity index (χ2v) is 14.7. The first-order valence-electron chi connectivity index (χ1n) is 18.6. The van der Waals surface area contributed by atoms with Gasteiger partial charge in [-0.25, -0.2) is 0 Å². The molecule has 0 bridgehead atoms. The highest BCUT2D eigenvalue weighted by Gasteiger charge is 2.56. The lowest BCUT2D eigenvalue weighted by molar-refractivity contribution is 0.473. The Morgan fingerprint density at radius 3 is 1.83 bits per heavy atom. The SMILES string of the molecule is c1ccc2c(c1)Oc1c(-n3c4ccccc4c4ccccc43)ccc3c1B2c1ccccc1C31c2ccccc2N2c3ccccc3Oc3cccc1c32. The Morgan fingerprint density at radius 2 is 1.02 bits per heavy atom. The van der Waals surface area contributed by atoms with Gasteiger partial charge in [-0.15, -0.1) is 0 Å². The van der Waals surface area contributed by atoms with Crippen LogP contribution in [0.1, 0.15) is 22.3 Å². The van der Waals surface area contributed by atoms with Gasteiger partial charge in [-0.1, -0.05) is 133 Å². The Hall–Kier alpha value is -6.98. The van der Waals surface area contributed by atoms with E-state index in [2.05, 4.69) is 179 Å². The summed E-state index contributed by atoms with van der Waals surface area (Å²) in [6, 6.07) is 63.8. The maximum absolute atomic E-state index is 7.27. The zero-order valence-corrected chi connectivity index (χ0v) is 29.0. The first-order chi connectivity index (χ1) is 26.8. The average molecular weight is 689 g/mol. The molecule has 13 rings (SSSR count). The molecule has 9 aromatic rings. The Balaban J connectivity index is 1.21. The number of nitrogens with zero attached hydrogens (tertiary/aromatic N) is 2. The van der Waals surface area contributed by atoms with Crippen molar-refractivity contribution in [2.75, 3.05) is 4.90 Å². The van der Waals surface area contributed by atoms with Gasteiger partial charge in [0, 0.05) is 10.8 Å². The molecule has 1 aromatic heterocycles. The minimum Gasteiger partial charge on any atom is -0.456 e. The lowest BCUT2D eigenvalue weighted by atomic mass is 9.29. The second-order valence-electron chi connectivity index (χ2n) is 14.7. The highest BCUT2D eigenvalue weighted by molar-refractivity contribution is 6.98. The molecule has 0 N–H and O–H groups in total. The van der Waals surface area contributed by atoms with Crippen LogP contribution in [0.4, 0.5) is 17.1 Å². The summed E-state index contributed by atoms with van der Waals surface area (Å²) in [6.45, 7) is -0.0310. The number of benzene rings is 8. The smallest absolute Gasteiger partial charge is 0.251 e. The van der Waals surface area contributed by atoms with E-state index in [-0.39, 0.29) is 6.71 Å². The van der Waals surface area contributed by atoms with Crippen LogP contribution < -0.4 is 30.8 Å². The van der Waals surface area contributed by atoms with Crippen LogP contribution in [0, 0.1) is 0 Å². The average Bonchev–Trinajstić information content (AvgIpc) is 3.57. The van der Waals surface area contributed by atoms with E-state index in [4.69, 9.17) is 9.47 Å². The van der Waals surface area contributed by atoms with E-state index >= 15 is 0 Å². The van der Waals surface area contributed by atoms with Crippen LogP contribution >= 0.6 is 0 Å². The summed E-state index contributed by atoms with van der Waals surface area (Å²) in [7, 11) is 0. The van der Waals surface area contributed by atoms with Crippen LogP contribution in [0.15, 0.2) is 176 Å². The number of hydrogen-bond acceptors (Lipinski definition) is 3. The van der Waals surface area contributed by atoms with E-state index < -0.39 is 5.41 Å². The Bertz CT molecular complexity index is 3040. The van der Waals surface area contributed by atoms with Crippen molar-refractivity contribution in [2.45, 2.75) is 5.41 Å². The molecule has 0 amide bonds. The third-order valence-electron chi connectivity index (χ3n) is 12.3. The molecule has 0 radical (unpaired) electrons. The third-order valence-corrected chi connectivity index (χ3v) is 12.3. The zero-order valence-electron chi connectivity index (χ0n) is 29.0. The molecule has 4 nitrogen and oxygen atoms in total.